The Morgan fingerprint density at radius 3 is 2.75 bits per heavy atom. The lowest BCUT2D eigenvalue weighted by Gasteiger charge is -2.11. The fraction of sp³-hybridized carbons (Fsp3) is 0.389. The molecule has 1 amide bonds. The van der Waals surface area contributed by atoms with Crippen LogP contribution in [0.15, 0.2) is 41.2 Å². The number of likely N-dealkylation sites (N-methyl/N-ethyl adjacent to an activating group) is 1. The van der Waals surface area contributed by atoms with E-state index in [4.69, 9.17) is 0 Å². The number of hydrogen-bond acceptors (Lipinski definition) is 4. The second kappa shape index (κ2) is 8.40. The SMILES string of the molecule is CCn1nc(-c2cccc(CC(=O)NCCN(C)C)c2)ccc1=O. The topological polar surface area (TPSA) is 67.2 Å². The molecule has 6 heteroatoms. The van der Waals surface area contributed by atoms with E-state index < -0.39 is 0 Å². The molecular weight excluding hydrogens is 304 g/mol. The number of aryl methyl sites for hydroxylation is 1. The number of nitrogens with one attached hydrogen (secondary N) is 1. The number of amides is 1. The molecule has 1 heterocycles. The van der Waals surface area contributed by atoms with E-state index >= 15 is 0 Å². The summed E-state index contributed by atoms with van der Waals surface area (Å²) in [6.07, 6.45) is 0.328. The maximum absolute atomic E-state index is 12.0. The summed E-state index contributed by atoms with van der Waals surface area (Å²) in [5.41, 5.74) is 2.44. The van der Waals surface area contributed by atoms with Crippen LogP contribution < -0.4 is 10.9 Å². The van der Waals surface area contributed by atoms with Gasteiger partial charge in [-0.05, 0) is 38.7 Å². The highest BCUT2D eigenvalue weighted by Crippen LogP contribution is 2.17. The maximum Gasteiger partial charge on any atom is 0.266 e. The van der Waals surface area contributed by atoms with Gasteiger partial charge in [0.2, 0.25) is 5.91 Å². The van der Waals surface area contributed by atoms with Gasteiger partial charge < -0.3 is 10.2 Å². The Bertz CT molecular complexity index is 753. The van der Waals surface area contributed by atoms with Crippen molar-refractivity contribution in [1.29, 1.82) is 0 Å². The quantitative estimate of drug-likeness (QED) is 0.828. The van der Waals surface area contributed by atoms with E-state index in [0.29, 0.717) is 19.5 Å². The maximum atomic E-state index is 12.0. The minimum Gasteiger partial charge on any atom is -0.355 e. The highest BCUT2D eigenvalue weighted by Gasteiger charge is 2.07. The molecule has 0 radical (unpaired) electrons. The van der Waals surface area contributed by atoms with Gasteiger partial charge in [-0.2, -0.15) is 5.10 Å². The van der Waals surface area contributed by atoms with Crippen molar-refractivity contribution >= 4 is 5.91 Å². The Morgan fingerprint density at radius 2 is 2.04 bits per heavy atom. The lowest BCUT2D eigenvalue weighted by atomic mass is 10.1. The zero-order valence-electron chi connectivity index (χ0n) is 14.5. The minimum absolute atomic E-state index is 0.000451. The molecule has 0 fully saturated rings. The lowest BCUT2D eigenvalue weighted by Crippen LogP contribution is -2.32. The zero-order valence-corrected chi connectivity index (χ0v) is 14.5. The first-order valence-electron chi connectivity index (χ1n) is 8.08. The van der Waals surface area contributed by atoms with Crippen LogP contribution in [0.2, 0.25) is 0 Å². The number of benzene rings is 1. The third kappa shape index (κ3) is 5.03. The standard InChI is InChI=1S/C18H24N4O2/c1-4-22-18(24)9-8-16(20-22)15-7-5-6-14(12-15)13-17(23)19-10-11-21(2)3/h5-9,12H,4,10-11,13H2,1-3H3,(H,19,23). The van der Waals surface area contributed by atoms with Crippen molar-refractivity contribution in [1.82, 2.24) is 20.0 Å². The molecule has 0 atom stereocenters. The number of hydrogen-bond donors (Lipinski definition) is 1. The highest BCUT2D eigenvalue weighted by molar-refractivity contribution is 5.79. The minimum atomic E-state index is -0.113. The number of carbonyl (C=O) groups excluding carboxylic acids is 1. The summed E-state index contributed by atoms with van der Waals surface area (Å²) in [6.45, 7) is 3.86. The third-order valence-corrected chi connectivity index (χ3v) is 3.63. The zero-order chi connectivity index (χ0) is 17.5. The molecule has 0 saturated heterocycles. The Labute approximate surface area is 142 Å². The van der Waals surface area contributed by atoms with Gasteiger partial charge in [0.05, 0.1) is 12.1 Å². The largest absolute Gasteiger partial charge is 0.355 e. The monoisotopic (exact) mass is 328 g/mol. The molecule has 0 aliphatic rings. The van der Waals surface area contributed by atoms with Gasteiger partial charge in [-0.1, -0.05) is 18.2 Å². The molecule has 2 rings (SSSR count). The van der Waals surface area contributed by atoms with Crippen molar-refractivity contribution in [2.24, 2.45) is 0 Å². The summed E-state index contributed by atoms with van der Waals surface area (Å²) < 4.78 is 1.43. The summed E-state index contributed by atoms with van der Waals surface area (Å²) in [6, 6.07) is 10.9. The molecule has 6 nitrogen and oxygen atoms in total. The van der Waals surface area contributed by atoms with E-state index in [0.717, 1.165) is 23.4 Å². The van der Waals surface area contributed by atoms with Crippen molar-refractivity contribution in [3.63, 3.8) is 0 Å². The summed E-state index contributed by atoms with van der Waals surface area (Å²) >= 11 is 0. The number of carbonyl (C=O) groups is 1. The summed E-state index contributed by atoms with van der Waals surface area (Å²) in [5.74, 6) is 0.000451. The smallest absolute Gasteiger partial charge is 0.266 e. The first-order chi connectivity index (χ1) is 11.5. The van der Waals surface area contributed by atoms with Gasteiger partial charge >= 0.3 is 0 Å². The number of aromatic nitrogens is 2. The van der Waals surface area contributed by atoms with Gasteiger partial charge in [0.25, 0.3) is 5.56 Å². The van der Waals surface area contributed by atoms with Gasteiger partial charge in [0, 0.05) is 31.3 Å². The summed E-state index contributed by atoms with van der Waals surface area (Å²) in [5, 5.41) is 7.25. The van der Waals surface area contributed by atoms with E-state index in [2.05, 4.69) is 10.4 Å². The first-order valence-corrected chi connectivity index (χ1v) is 8.08. The highest BCUT2D eigenvalue weighted by atomic mass is 16.1. The molecule has 0 unspecified atom stereocenters. The van der Waals surface area contributed by atoms with Crippen molar-refractivity contribution < 1.29 is 4.79 Å². The third-order valence-electron chi connectivity index (χ3n) is 3.63. The van der Waals surface area contributed by atoms with Crippen LogP contribution in [0.5, 0.6) is 0 Å². The van der Waals surface area contributed by atoms with Crippen molar-refractivity contribution in [3.8, 4) is 11.3 Å². The molecule has 1 aromatic heterocycles. The number of rotatable bonds is 7. The Balaban J connectivity index is 2.09. The van der Waals surface area contributed by atoms with Crippen LogP contribution in [-0.2, 0) is 17.8 Å². The van der Waals surface area contributed by atoms with Crippen LogP contribution in [0.25, 0.3) is 11.3 Å². The molecule has 2 aromatic rings. The molecule has 0 aliphatic heterocycles. The second-order valence-electron chi connectivity index (χ2n) is 5.90. The molecule has 0 aliphatic carbocycles. The van der Waals surface area contributed by atoms with Crippen LogP contribution >= 0.6 is 0 Å². The normalized spacial score (nSPS) is 10.8. The van der Waals surface area contributed by atoms with Gasteiger partial charge in [0.1, 0.15) is 0 Å². The van der Waals surface area contributed by atoms with Gasteiger partial charge in [0.15, 0.2) is 0 Å². The van der Waals surface area contributed by atoms with Crippen LogP contribution in [-0.4, -0.2) is 47.8 Å². The lowest BCUT2D eigenvalue weighted by molar-refractivity contribution is -0.120. The van der Waals surface area contributed by atoms with E-state index in [1.807, 2.05) is 50.2 Å². The fourth-order valence-corrected chi connectivity index (χ4v) is 2.34. The van der Waals surface area contributed by atoms with E-state index in [9.17, 15) is 9.59 Å². The first kappa shape index (κ1) is 17.9. The van der Waals surface area contributed by atoms with Crippen LogP contribution in [0.1, 0.15) is 12.5 Å². The average molecular weight is 328 g/mol. The van der Waals surface area contributed by atoms with Crippen molar-refractivity contribution in [2.45, 2.75) is 19.9 Å². The van der Waals surface area contributed by atoms with E-state index in [1.165, 1.54) is 10.7 Å². The molecule has 1 aromatic carbocycles. The van der Waals surface area contributed by atoms with Crippen LogP contribution in [0, 0.1) is 0 Å². The molecule has 0 saturated carbocycles. The Hall–Kier alpha value is -2.47. The van der Waals surface area contributed by atoms with Crippen molar-refractivity contribution in [3.05, 3.63) is 52.3 Å². The Kier molecular flexibility index (Phi) is 6.26. The van der Waals surface area contributed by atoms with Crippen LogP contribution in [0.4, 0.5) is 0 Å². The predicted octanol–water partition coefficient (Wildman–Crippen LogP) is 1.15. The molecule has 128 valence electrons. The molecule has 0 bridgehead atoms. The Morgan fingerprint density at radius 1 is 1.25 bits per heavy atom. The fourth-order valence-electron chi connectivity index (χ4n) is 2.34. The molecule has 0 spiro atoms. The second-order valence-corrected chi connectivity index (χ2v) is 5.90. The molecule has 1 N–H and O–H groups in total. The van der Waals surface area contributed by atoms with E-state index in [1.54, 1.807) is 6.07 Å². The van der Waals surface area contributed by atoms with Crippen molar-refractivity contribution in [2.75, 3.05) is 27.2 Å². The van der Waals surface area contributed by atoms with Gasteiger partial charge in [-0.3, -0.25) is 9.59 Å². The summed E-state index contributed by atoms with van der Waals surface area (Å²) in [7, 11) is 3.94. The van der Waals surface area contributed by atoms with Gasteiger partial charge in [-0.25, -0.2) is 4.68 Å². The average Bonchev–Trinajstić information content (AvgIpc) is 2.55. The van der Waals surface area contributed by atoms with Crippen LogP contribution in [0.3, 0.4) is 0 Å². The predicted molar refractivity (Wildman–Crippen MR) is 94.9 cm³/mol. The summed E-state index contributed by atoms with van der Waals surface area (Å²) in [4.78, 5) is 25.7. The number of nitrogens with zero attached hydrogens (tertiary/aromatic N) is 3. The molecule has 24 heavy (non-hydrogen) atoms. The molecular formula is C18H24N4O2. The van der Waals surface area contributed by atoms with E-state index in [-0.39, 0.29) is 11.5 Å². The van der Waals surface area contributed by atoms with Gasteiger partial charge in [-0.15, -0.1) is 0 Å².